The summed E-state index contributed by atoms with van der Waals surface area (Å²) in [4.78, 5) is 48.9. The van der Waals surface area contributed by atoms with E-state index in [9.17, 15) is 19.2 Å². The summed E-state index contributed by atoms with van der Waals surface area (Å²) >= 11 is -0.319. The second kappa shape index (κ2) is 9.21. The fourth-order valence-electron chi connectivity index (χ4n) is 3.05. The average molecular weight is 467 g/mol. The van der Waals surface area contributed by atoms with Crippen LogP contribution in [0.5, 0.6) is 0 Å². The van der Waals surface area contributed by atoms with Gasteiger partial charge in [-0.05, 0) is 0 Å². The Morgan fingerprint density at radius 2 is 1.79 bits per heavy atom. The van der Waals surface area contributed by atoms with Crippen molar-refractivity contribution in [2.75, 3.05) is 6.61 Å². The van der Waals surface area contributed by atoms with E-state index >= 15 is 0 Å². The minimum absolute atomic E-state index is 0.0604. The van der Waals surface area contributed by atoms with E-state index < -0.39 is 46.4 Å². The molecule has 0 spiro atoms. The number of aromatic nitrogens is 2. The number of carbonyl (C=O) groups excluding carboxylic acids is 2. The third kappa shape index (κ3) is 5.23. The minimum atomic E-state index is -0.811. The Bertz CT molecular complexity index is 988. The van der Waals surface area contributed by atoms with Crippen LogP contribution < -0.4 is 15.7 Å². The number of carbonyl (C=O) groups is 2. The average Bonchev–Trinajstić information content (AvgIpc) is 2.65. The summed E-state index contributed by atoms with van der Waals surface area (Å²) in [7, 11) is 0. The van der Waals surface area contributed by atoms with Crippen LogP contribution in [0, 0.1) is 0 Å². The van der Waals surface area contributed by atoms with Gasteiger partial charge in [0.1, 0.15) is 0 Å². The van der Waals surface area contributed by atoms with Gasteiger partial charge in [-0.2, -0.15) is 0 Å². The number of benzene rings is 1. The molecule has 0 aliphatic carbocycles. The van der Waals surface area contributed by atoms with E-state index in [1.165, 1.54) is 30.7 Å². The van der Waals surface area contributed by atoms with Crippen molar-refractivity contribution in [3.63, 3.8) is 0 Å². The van der Waals surface area contributed by atoms with Crippen molar-refractivity contribution >= 4 is 31.4 Å². The third-order valence-electron chi connectivity index (χ3n) is 4.16. The van der Waals surface area contributed by atoms with Crippen molar-refractivity contribution in [1.82, 2.24) is 9.55 Å². The van der Waals surface area contributed by atoms with Gasteiger partial charge in [0, 0.05) is 0 Å². The van der Waals surface area contributed by atoms with E-state index in [-0.39, 0.29) is 21.6 Å². The summed E-state index contributed by atoms with van der Waals surface area (Å²) in [6.45, 7) is 2.48. The van der Waals surface area contributed by atoms with Crippen LogP contribution >= 0.6 is 0 Å². The Kier molecular flexibility index (Phi) is 6.68. The number of hydrogen-bond donors (Lipinski definition) is 1. The fraction of sp³-hybridized carbons (Fsp3) is 0.368. The normalized spacial score (nSPS) is 23.9. The van der Waals surface area contributed by atoms with E-state index in [2.05, 4.69) is 4.98 Å². The molecule has 0 bridgehead atoms. The third-order valence-corrected chi connectivity index (χ3v) is 6.93. The van der Waals surface area contributed by atoms with Crippen LogP contribution in [-0.2, 0) is 23.8 Å². The summed E-state index contributed by atoms with van der Waals surface area (Å²) in [6, 6.07) is 10.7. The summed E-state index contributed by atoms with van der Waals surface area (Å²) in [5, 5.41) is 0. The van der Waals surface area contributed by atoms with E-state index in [0.29, 0.717) is 0 Å². The molecule has 0 radical (unpaired) electrons. The maximum atomic E-state index is 12.4. The molecule has 1 fully saturated rings. The number of H-pyrrole nitrogens is 1. The SMILES string of the molecule is CC(=O)O[C@H]1[C@@H]([Se]c2ccccc2)[C@H](n2ccc(=O)[nH]c2=O)OC[C@H]1OC(C)=O. The molecule has 154 valence electrons. The van der Waals surface area contributed by atoms with Crippen molar-refractivity contribution in [1.29, 1.82) is 0 Å². The van der Waals surface area contributed by atoms with Gasteiger partial charge in [-0.25, -0.2) is 0 Å². The van der Waals surface area contributed by atoms with Crippen molar-refractivity contribution in [2.45, 2.75) is 37.1 Å². The topological polar surface area (TPSA) is 117 Å². The van der Waals surface area contributed by atoms with Crippen LogP contribution in [-0.4, -0.2) is 55.3 Å². The molecule has 1 aromatic heterocycles. The first-order valence-electron chi connectivity index (χ1n) is 8.84. The van der Waals surface area contributed by atoms with Crippen LogP contribution in [0.15, 0.2) is 52.2 Å². The number of nitrogens with one attached hydrogen (secondary N) is 1. The van der Waals surface area contributed by atoms with Gasteiger partial charge in [0.05, 0.1) is 0 Å². The summed E-state index contributed by atoms with van der Waals surface area (Å²) in [5.74, 6) is -1.06. The van der Waals surface area contributed by atoms with Crippen molar-refractivity contribution in [3.8, 4) is 0 Å². The number of hydrogen-bond acceptors (Lipinski definition) is 7. The molecule has 1 aliphatic heterocycles. The number of esters is 2. The molecule has 29 heavy (non-hydrogen) atoms. The molecule has 1 aromatic carbocycles. The van der Waals surface area contributed by atoms with Crippen LogP contribution in [0.25, 0.3) is 0 Å². The molecule has 0 saturated carbocycles. The van der Waals surface area contributed by atoms with Gasteiger partial charge in [0.2, 0.25) is 0 Å². The first-order valence-corrected chi connectivity index (χ1v) is 10.7. The zero-order chi connectivity index (χ0) is 21.0. The molecule has 0 unspecified atom stereocenters. The van der Waals surface area contributed by atoms with E-state index in [0.717, 1.165) is 4.46 Å². The zero-order valence-electron chi connectivity index (χ0n) is 15.8. The Morgan fingerprint density at radius 3 is 2.41 bits per heavy atom. The number of rotatable bonds is 5. The Labute approximate surface area is 172 Å². The second-order valence-corrected chi connectivity index (χ2v) is 8.98. The van der Waals surface area contributed by atoms with Gasteiger partial charge in [0.15, 0.2) is 0 Å². The predicted octanol–water partition coefficient (Wildman–Crippen LogP) is -0.253. The summed E-state index contributed by atoms with van der Waals surface area (Å²) in [6.07, 6.45) is -1.08. The molecule has 9 nitrogen and oxygen atoms in total. The Balaban J connectivity index is 2.03. The van der Waals surface area contributed by atoms with E-state index in [1.54, 1.807) is 0 Å². The Hall–Kier alpha value is -2.68. The monoisotopic (exact) mass is 468 g/mol. The first kappa shape index (κ1) is 21.0. The number of aromatic amines is 1. The van der Waals surface area contributed by atoms with Gasteiger partial charge in [-0.1, -0.05) is 0 Å². The molecule has 1 N–H and O–H groups in total. The molecule has 1 aliphatic rings. The first-order chi connectivity index (χ1) is 13.8. The van der Waals surface area contributed by atoms with Crippen LogP contribution in [0.1, 0.15) is 20.1 Å². The molecule has 4 atom stereocenters. The quantitative estimate of drug-likeness (QED) is 0.476. The zero-order valence-corrected chi connectivity index (χ0v) is 17.5. The summed E-state index contributed by atoms with van der Waals surface area (Å²) in [5.41, 5.74) is -1.16. The van der Waals surface area contributed by atoms with Crippen LogP contribution in [0.3, 0.4) is 0 Å². The predicted molar refractivity (Wildman–Crippen MR) is 103 cm³/mol. The number of nitrogens with zero attached hydrogens (tertiary/aromatic N) is 1. The van der Waals surface area contributed by atoms with Crippen LogP contribution in [0.2, 0.25) is 4.82 Å². The molecule has 0 amide bonds. The molecule has 2 heterocycles. The standard InChI is InChI=1S/C19H20N2O7Se/c1-11(22)27-14-10-26-18(21-9-8-15(24)20-19(21)25)17(16(14)28-12(2)23)29-13-6-4-3-5-7-13/h3-9,14,16-18H,10H2,1-2H3,(H,20,24,25)/t14-,16-,17-,18-/m1/s1. The molecule has 10 heteroatoms. The maximum absolute atomic E-state index is 12.4. The number of ether oxygens (including phenoxy) is 3. The second-order valence-electron chi connectivity index (χ2n) is 6.36. The molecular formula is C19H20N2O7Se. The van der Waals surface area contributed by atoms with Crippen LogP contribution in [0.4, 0.5) is 0 Å². The Morgan fingerprint density at radius 1 is 1.10 bits per heavy atom. The molecule has 1 saturated heterocycles. The van der Waals surface area contributed by atoms with E-state index in [1.807, 2.05) is 30.3 Å². The molecule has 3 rings (SSSR count). The fourth-order valence-corrected chi connectivity index (χ4v) is 5.82. The van der Waals surface area contributed by atoms with E-state index in [4.69, 9.17) is 14.2 Å². The van der Waals surface area contributed by atoms with Crippen molar-refractivity contribution in [3.05, 3.63) is 63.4 Å². The van der Waals surface area contributed by atoms with Crippen molar-refractivity contribution in [2.24, 2.45) is 0 Å². The van der Waals surface area contributed by atoms with Gasteiger partial charge in [-0.3, -0.25) is 0 Å². The van der Waals surface area contributed by atoms with Gasteiger partial charge in [0.25, 0.3) is 0 Å². The molecular weight excluding hydrogens is 447 g/mol. The van der Waals surface area contributed by atoms with Crippen molar-refractivity contribution < 1.29 is 23.8 Å². The van der Waals surface area contributed by atoms with Gasteiger partial charge in [-0.15, -0.1) is 0 Å². The van der Waals surface area contributed by atoms with Gasteiger partial charge >= 0.3 is 172 Å². The van der Waals surface area contributed by atoms with Gasteiger partial charge < -0.3 is 0 Å². The summed E-state index contributed by atoms with van der Waals surface area (Å²) < 4.78 is 19.0. The molecule has 2 aromatic rings.